The summed E-state index contributed by atoms with van der Waals surface area (Å²) < 4.78 is 5.42. The molecule has 1 heterocycles. The van der Waals surface area contributed by atoms with E-state index in [0.29, 0.717) is 11.3 Å². The highest BCUT2D eigenvalue weighted by Gasteiger charge is 2.10. The Morgan fingerprint density at radius 3 is 2.39 bits per heavy atom. The van der Waals surface area contributed by atoms with Crippen LogP contribution in [0.2, 0.25) is 0 Å². The van der Waals surface area contributed by atoms with Crippen molar-refractivity contribution in [2.45, 2.75) is 19.4 Å². The first-order chi connectivity index (χ1) is 11.2. The zero-order chi connectivity index (χ0) is 16.1. The molecule has 2 aromatic carbocycles. The van der Waals surface area contributed by atoms with Crippen LogP contribution in [0, 0.1) is 0 Å². The lowest BCUT2D eigenvalue weighted by molar-refractivity contribution is 0.337. The molecule has 0 aliphatic heterocycles. The van der Waals surface area contributed by atoms with Crippen LogP contribution in [-0.4, -0.2) is 17.4 Å². The predicted molar refractivity (Wildman–Crippen MR) is 93.0 cm³/mol. The van der Waals surface area contributed by atoms with E-state index >= 15 is 0 Å². The molecule has 0 saturated heterocycles. The summed E-state index contributed by atoms with van der Waals surface area (Å²) in [5, 5.41) is 9.94. The summed E-state index contributed by atoms with van der Waals surface area (Å²) in [4.78, 5) is 4.51. The maximum atomic E-state index is 9.94. The van der Waals surface area contributed by atoms with Gasteiger partial charge in [0.15, 0.2) is 0 Å². The van der Waals surface area contributed by atoms with Crippen LogP contribution < -0.4 is 0 Å². The molecule has 0 aliphatic rings. The van der Waals surface area contributed by atoms with Crippen molar-refractivity contribution in [2.75, 3.05) is 0 Å². The molecule has 0 fully saturated rings. The van der Waals surface area contributed by atoms with E-state index in [1.807, 2.05) is 54.6 Å². The standard InChI is InChI=1S/C20H19NO2/c1-15(12-16-8-4-2-5-9-16)21-14-18-13-19(23-20(18)22)17-10-6-3-7-11-17/h2-11,13-15,22H,12H2,1H3/t15-/m0/s1. The van der Waals surface area contributed by atoms with Gasteiger partial charge in [-0.05, 0) is 25.0 Å². The second kappa shape index (κ2) is 6.97. The Hall–Kier alpha value is -2.81. The molecule has 3 rings (SSSR count). The largest absolute Gasteiger partial charge is 0.480 e. The van der Waals surface area contributed by atoms with Gasteiger partial charge in [0.1, 0.15) is 5.76 Å². The van der Waals surface area contributed by atoms with Crippen LogP contribution in [0.4, 0.5) is 0 Å². The number of benzene rings is 2. The van der Waals surface area contributed by atoms with Crippen molar-refractivity contribution < 1.29 is 9.52 Å². The van der Waals surface area contributed by atoms with Gasteiger partial charge in [-0.15, -0.1) is 0 Å². The lowest BCUT2D eigenvalue weighted by Crippen LogP contribution is -2.03. The van der Waals surface area contributed by atoms with Crippen molar-refractivity contribution in [1.29, 1.82) is 0 Å². The smallest absolute Gasteiger partial charge is 0.291 e. The molecule has 1 N–H and O–H groups in total. The number of furan rings is 1. The number of hydrogen-bond acceptors (Lipinski definition) is 3. The molecule has 0 amide bonds. The number of rotatable bonds is 5. The molecule has 0 spiro atoms. The van der Waals surface area contributed by atoms with Crippen molar-refractivity contribution in [3.8, 4) is 17.3 Å². The molecule has 0 radical (unpaired) electrons. The summed E-state index contributed by atoms with van der Waals surface area (Å²) >= 11 is 0. The van der Waals surface area contributed by atoms with Gasteiger partial charge in [-0.1, -0.05) is 60.7 Å². The Balaban J connectivity index is 1.71. The van der Waals surface area contributed by atoms with E-state index in [1.165, 1.54) is 5.56 Å². The number of nitrogens with zero attached hydrogens (tertiary/aromatic N) is 1. The topological polar surface area (TPSA) is 45.7 Å². The van der Waals surface area contributed by atoms with Crippen LogP contribution in [-0.2, 0) is 6.42 Å². The molecule has 0 unspecified atom stereocenters. The molecule has 1 atom stereocenters. The van der Waals surface area contributed by atoms with Gasteiger partial charge in [0.05, 0.1) is 11.6 Å². The van der Waals surface area contributed by atoms with Gasteiger partial charge in [-0.3, -0.25) is 4.99 Å². The van der Waals surface area contributed by atoms with Crippen LogP contribution in [0.15, 0.2) is 76.1 Å². The molecular formula is C20H19NO2. The van der Waals surface area contributed by atoms with Crippen molar-refractivity contribution >= 4 is 6.21 Å². The lowest BCUT2D eigenvalue weighted by Gasteiger charge is -2.05. The highest BCUT2D eigenvalue weighted by atomic mass is 16.5. The highest BCUT2D eigenvalue weighted by Crippen LogP contribution is 2.28. The lowest BCUT2D eigenvalue weighted by atomic mass is 10.1. The van der Waals surface area contributed by atoms with Crippen LogP contribution in [0.5, 0.6) is 5.95 Å². The van der Waals surface area contributed by atoms with Crippen molar-refractivity contribution in [3.05, 3.63) is 77.9 Å². The molecule has 116 valence electrons. The summed E-state index contributed by atoms with van der Waals surface area (Å²) in [6, 6.07) is 21.9. The van der Waals surface area contributed by atoms with E-state index in [2.05, 4.69) is 24.0 Å². The van der Waals surface area contributed by atoms with Gasteiger partial charge in [-0.2, -0.15) is 0 Å². The van der Waals surface area contributed by atoms with Crippen molar-refractivity contribution in [1.82, 2.24) is 0 Å². The van der Waals surface area contributed by atoms with Crippen LogP contribution >= 0.6 is 0 Å². The molecule has 23 heavy (non-hydrogen) atoms. The van der Waals surface area contributed by atoms with Crippen LogP contribution in [0.1, 0.15) is 18.1 Å². The molecule has 3 aromatic rings. The first-order valence-corrected chi connectivity index (χ1v) is 7.67. The molecular weight excluding hydrogens is 286 g/mol. The SMILES string of the molecule is C[C@@H](Cc1ccccc1)N=Cc1cc(-c2ccccc2)oc1O. The fourth-order valence-electron chi connectivity index (χ4n) is 2.45. The summed E-state index contributed by atoms with van der Waals surface area (Å²) in [7, 11) is 0. The Kier molecular flexibility index (Phi) is 4.57. The summed E-state index contributed by atoms with van der Waals surface area (Å²) in [5.41, 5.74) is 2.78. The molecule has 3 heteroatoms. The fourth-order valence-corrected chi connectivity index (χ4v) is 2.45. The third kappa shape index (κ3) is 3.89. The quantitative estimate of drug-likeness (QED) is 0.694. The third-order valence-electron chi connectivity index (χ3n) is 3.64. The average molecular weight is 305 g/mol. The van der Waals surface area contributed by atoms with Gasteiger partial charge in [0, 0.05) is 11.8 Å². The highest BCUT2D eigenvalue weighted by molar-refractivity contribution is 5.84. The first-order valence-electron chi connectivity index (χ1n) is 7.67. The minimum atomic E-state index is -0.0977. The van der Waals surface area contributed by atoms with E-state index in [4.69, 9.17) is 4.42 Å². The second-order valence-corrected chi connectivity index (χ2v) is 5.55. The van der Waals surface area contributed by atoms with Gasteiger partial charge >= 0.3 is 0 Å². The Bertz CT molecular complexity index is 776. The van der Waals surface area contributed by atoms with Crippen molar-refractivity contribution in [3.63, 3.8) is 0 Å². The van der Waals surface area contributed by atoms with Gasteiger partial charge in [0.2, 0.25) is 0 Å². The maximum Gasteiger partial charge on any atom is 0.291 e. The Labute approximate surface area is 135 Å². The van der Waals surface area contributed by atoms with E-state index in [9.17, 15) is 5.11 Å². The van der Waals surface area contributed by atoms with Gasteiger partial charge < -0.3 is 9.52 Å². The van der Waals surface area contributed by atoms with E-state index in [1.54, 1.807) is 6.21 Å². The predicted octanol–water partition coefficient (Wildman–Crippen LogP) is 4.70. The maximum absolute atomic E-state index is 9.94. The number of aliphatic imine (C=N–C) groups is 1. The summed E-state index contributed by atoms with van der Waals surface area (Å²) in [6.45, 7) is 2.05. The fraction of sp³-hybridized carbons (Fsp3) is 0.150. The van der Waals surface area contributed by atoms with E-state index < -0.39 is 0 Å². The van der Waals surface area contributed by atoms with Crippen LogP contribution in [0.3, 0.4) is 0 Å². The summed E-state index contributed by atoms with van der Waals surface area (Å²) in [5.74, 6) is 0.541. The van der Waals surface area contributed by atoms with Gasteiger partial charge in [0.25, 0.3) is 5.95 Å². The monoisotopic (exact) mass is 305 g/mol. The zero-order valence-corrected chi connectivity index (χ0v) is 13.0. The summed E-state index contributed by atoms with van der Waals surface area (Å²) in [6.07, 6.45) is 2.54. The molecule has 0 bridgehead atoms. The number of hydrogen-bond donors (Lipinski definition) is 1. The molecule has 0 saturated carbocycles. The van der Waals surface area contributed by atoms with Gasteiger partial charge in [-0.25, -0.2) is 0 Å². The minimum Gasteiger partial charge on any atom is -0.480 e. The zero-order valence-electron chi connectivity index (χ0n) is 13.0. The molecule has 1 aromatic heterocycles. The minimum absolute atomic E-state index is 0.0977. The first kappa shape index (κ1) is 15.1. The molecule has 3 nitrogen and oxygen atoms in total. The second-order valence-electron chi connectivity index (χ2n) is 5.55. The Morgan fingerprint density at radius 2 is 1.70 bits per heavy atom. The normalized spacial score (nSPS) is 12.6. The average Bonchev–Trinajstić information content (AvgIpc) is 2.96. The molecule has 0 aliphatic carbocycles. The third-order valence-corrected chi connectivity index (χ3v) is 3.64. The van der Waals surface area contributed by atoms with E-state index in [-0.39, 0.29) is 12.0 Å². The Morgan fingerprint density at radius 1 is 1.04 bits per heavy atom. The number of aromatic hydroxyl groups is 1. The van der Waals surface area contributed by atoms with Crippen molar-refractivity contribution in [2.24, 2.45) is 4.99 Å². The van der Waals surface area contributed by atoms with E-state index in [0.717, 1.165) is 12.0 Å². The van der Waals surface area contributed by atoms with Crippen LogP contribution in [0.25, 0.3) is 11.3 Å².